The van der Waals surface area contributed by atoms with Crippen LogP contribution in [0.1, 0.15) is 17.5 Å². The van der Waals surface area contributed by atoms with Crippen LogP contribution in [-0.2, 0) is 17.8 Å². The van der Waals surface area contributed by atoms with Crippen LogP contribution in [0.5, 0.6) is 11.5 Å². The van der Waals surface area contributed by atoms with Crippen molar-refractivity contribution in [1.82, 2.24) is 14.9 Å². The van der Waals surface area contributed by atoms with Gasteiger partial charge < -0.3 is 14.8 Å². The van der Waals surface area contributed by atoms with E-state index in [2.05, 4.69) is 17.4 Å². The van der Waals surface area contributed by atoms with Gasteiger partial charge in [-0.05, 0) is 48.2 Å². The molecule has 35 heavy (non-hydrogen) atoms. The summed E-state index contributed by atoms with van der Waals surface area (Å²) in [4.78, 5) is 30.5. The number of amides is 1. The molecule has 178 valence electrons. The van der Waals surface area contributed by atoms with E-state index >= 15 is 0 Å². The Bertz CT molecular complexity index is 1400. The average molecular weight is 488 g/mol. The second-order valence-corrected chi connectivity index (χ2v) is 9.16. The van der Waals surface area contributed by atoms with Crippen LogP contribution in [0.25, 0.3) is 10.9 Å². The van der Waals surface area contributed by atoms with E-state index in [1.807, 2.05) is 54.6 Å². The van der Waals surface area contributed by atoms with Gasteiger partial charge in [-0.3, -0.25) is 14.2 Å². The highest BCUT2D eigenvalue weighted by atomic mass is 32.2. The first-order valence-electron chi connectivity index (χ1n) is 11.5. The molecule has 0 bridgehead atoms. The van der Waals surface area contributed by atoms with E-state index in [1.165, 1.54) is 17.3 Å². The third kappa shape index (κ3) is 5.49. The lowest BCUT2D eigenvalue weighted by Crippen LogP contribution is -2.28. The molecule has 0 saturated heterocycles. The number of thioether (sulfide) groups is 1. The summed E-state index contributed by atoms with van der Waals surface area (Å²) in [5.41, 5.74) is 2.62. The van der Waals surface area contributed by atoms with Crippen LogP contribution in [0.4, 0.5) is 0 Å². The summed E-state index contributed by atoms with van der Waals surface area (Å²) >= 11 is 1.27. The van der Waals surface area contributed by atoms with Gasteiger partial charge >= 0.3 is 0 Å². The molecule has 4 aromatic rings. The average Bonchev–Trinajstić information content (AvgIpc) is 3.36. The van der Waals surface area contributed by atoms with E-state index in [4.69, 9.17) is 14.5 Å². The fourth-order valence-corrected chi connectivity index (χ4v) is 4.79. The molecule has 0 aliphatic carbocycles. The lowest BCUT2D eigenvalue weighted by Gasteiger charge is -2.13. The first-order chi connectivity index (χ1) is 17.2. The predicted octanol–water partition coefficient (Wildman–Crippen LogP) is 4.01. The molecule has 1 amide bonds. The SMILES string of the molecule is O=C(CSc1nc2ccccc2c(=O)n1Cc1ccc2c(c1)OCO2)NCCCc1ccccc1. The standard InChI is InChI=1S/C27H25N3O4S/c31-25(28-14-6-9-19-7-2-1-3-8-19)17-35-27-29-22-11-5-4-10-21(22)26(32)30(27)16-20-12-13-23-24(15-20)34-18-33-23/h1-5,7-8,10-13,15H,6,9,14,16-18H2,(H,28,31). The highest BCUT2D eigenvalue weighted by Gasteiger charge is 2.17. The number of hydrogen-bond acceptors (Lipinski definition) is 6. The molecule has 0 unspecified atom stereocenters. The number of carbonyl (C=O) groups is 1. The zero-order valence-electron chi connectivity index (χ0n) is 19.1. The summed E-state index contributed by atoms with van der Waals surface area (Å²) in [5, 5.41) is 4.02. The number of ether oxygens (including phenoxy) is 2. The molecule has 7 nitrogen and oxygen atoms in total. The van der Waals surface area contributed by atoms with E-state index < -0.39 is 0 Å². The van der Waals surface area contributed by atoms with Crippen molar-refractivity contribution in [1.29, 1.82) is 0 Å². The number of aromatic nitrogens is 2. The molecular weight excluding hydrogens is 462 g/mol. The van der Waals surface area contributed by atoms with E-state index in [0.717, 1.165) is 18.4 Å². The molecule has 0 radical (unpaired) electrons. The lowest BCUT2D eigenvalue weighted by molar-refractivity contribution is -0.118. The lowest BCUT2D eigenvalue weighted by atomic mass is 10.1. The molecule has 0 saturated carbocycles. The Morgan fingerprint density at radius 2 is 1.77 bits per heavy atom. The number of nitrogens with zero attached hydrogens (tertiary/aromatic N) is 2. The van der Waals surface area contributed by atoms with Crippen LogP contribution in [0.15, 0.2) is 82.7 Å². The molecule has 2 heterocycles. The van der Waals surface area contributed by atoms with Crippen LogP contribution in [-0.4, -0.2) is 34.5 Å². The van der Waals surface area contributed by atoms with E-state index in [-0.39, 0.29) is 24.0 Å². The molecule has 3 aromatic carbocycles. The van der Waals surface area contributed by atoms with Gasteiger partial charge in [0.25, 0.3) is 5.56 Å². The van der Waals surface area contributed by atoms with Gasteiger partial charge in [0.1, 0.15) is 0 Å². The monoisotopic (exact) mass is 487 g/mol. The Balaban J connectivity index is 1.28. The Hall–Kier alpha value is -3.78. The normalized spacial score (nSPS) is 12.1. The summed E-state index contributed by atoms with van der Waals surface area (Å²) in [6.45, 7) is 1.11. The Morgan fingerprint density at radius 1 is 0.971 bits per heavy atom. The number of rotatable bonds is 9. The van der Waals surface area contributed by atoms with Gasteiger partial charge in [-0.2, -0.15) is 0 Å². The maximum Gasteiger partial charge on any atom is 0.262 e. The molecule has 1 aliphatic rings. The largest absolute Gasteiger partial charge is 0.454 e. The van der Waals surface area contributed by atoms with Gasteiger partial charge in [0, 0.05) is 6.54 Å². The second kappa shape index (κ2) is 10.7. The van der Waals surface area contributed by atoms with Crippen molar-refractivity contribution in [3.8, 4) is 11.5 Å². The maximum atomic E-state index is 13.3. The fourth-order valence-electron chi connectivity index (χ4n) is 3.97. The third-order valence-electron chi connectivity index (χ3n) is 5.74. The van der Waals surface area contributed by atoms with Gasteiger partial charge in [-0.25, -0.2) is 4.98 Å². The Kier molecular flexibility index (Phi) is 6.99. The summed E-state index contributed by atoms with van der Waals surface area (Å²) < 4.78 is 12.5. The van der Waals surface area contributed by atoms with Gasteiger partial charge in [0.2, 0.25) is 12.7 Å². The van der Waals surface area contributed by atoms with Crippen molar-refractivity contribution in [2.24, 2.45) is 0 Å². The zero-order valence-corrected chi connectivity index (χ0v) is 19.9. The molecule has 1 N–H and O–H groups in total. The maximum absolute atomic E-state index is 13.3. The number of fused-ring (bicyclic) bond motifs is 2. The molecule has 5 rings (SSSR count). The van der Waals surface area contributed by atoms with Crippen LogP contribution >= 0.6 is 11.8 Å². The molecule has 0 fully saturated rings. The number of para-hydroxylation sites is 1. The smallest absolute Gasteiger partial charge is 0.262 e. The number of aryl methyl sites for hydroxylation is 1. The highest BCUT2D eigenvalue weighted by molar-refractivity contribution is 7.99. The number of nitrogens with one attached hydrogen (secondary N) is 1. The highest BCUT2D eigenvalue weighted by Crippen LogP contribution is 2.33. The van der Waals surface area contributed by atoms with Crippen LogP contribution < -0.4 is 20.3 Å². The van der Waals surface area contributed by atoms with E-state index in [1.54, 1.807) is 10.6 Å². The van der Waals surface area contributed by atoms with Crippen LogP contribution in [0, 0.1) is 0 Å². The summed E-state index contributed by atoms with van der Waals surface area (Å²) in [6.07, 6.45) is 1.78. The molecular formula is C27H25N3O4S. The minimum atomic E-state index is -0.140. The first kappa shape index (κ1) is 23.0. The zero-order chi connectivity index (χ0) is 24.0. The van der Waals surface area contributed by atoms with Crippen molar-refractivity contribution in [2.45, 2.75) is 24.5 Å². The molecule has 1 aromatic heterocycles. The van der Waals surface area contributed by atoms with Gasteiger partial charge in [-0.1, -0.05) is 60.3 Å². The first-order valence-corrected chi connectivity index (χ1v) is 12.5. The van der Waals surface area contributed by atoms with Crippen molar-refractivity contribution >= 4 is 28.6 Å². The minimum Gasteiger partial charge on any atom is -0.454 e. The summed E-state index contributed by atoms with van der Waals surface area (Å²) in [6, 6.07) is 23.1. The Labute approximate surface area is 207 Å². The number of hydrogen-bond donors (Lipinski definition) is 1. The summed E-state index contributed by atoms with van der Waals surface area (Å²) in [7, 11) is 0. The molecule has 1 aliphatic heterocycles. The van der Waals surface area contributed by atoms with Crippen molar-refractivity contribution < 1.29 is 14.3 Å². The van der Waals surface area contributed by atoms with Gasteiger partial charge in [0.05, 0.1) is 23.2 Å². The Morgan fingerprint density at radius 3 is 2.66 bits per heavy atom. The number of carbonyl (C=O) groups excluding carboxylic acids is 1. The number of benzene rings is 3. The second-order valence-electron chi connectivity index (χ2n) is 8.22. The van der Waals surface area contributed by atoms with Gasteiger partial charge in [-0.15, -0.1) is 0 Å². The molecule has 0 atom stereocenters. The third-order valence-corrected chi connectivity index (χ3v) is 6.72. The topological polar surface area (TPSA) is 82.5 Å². The van der Waals surface area contributed by atoms with Crippen molar-refractivity contribution in [3.05, 3.63) is 94.3 Å². The van der Waals surface area contributed by atoms with Crippen molar-refractivity contribution in [2.75, 3.05) is 19.1 Å². The van der Waals surface area contributed by atoms with Crippen LogP contribution in [0.2, 0.25) is 0 Å². The van der Waals surface area contributed by atoms with E-state index in [9.17, 15) is 9.59 Å². The van der Waals surface area contributed by atoms with E-state index in [0.29, 0.717) is 40.6 Å². The fraction of sp³-hybridized carbons (Fsp3) is 0.222. The van der Waals surface area contributed by atoms with Crippen molar-refractivity contribution in [3.63, 3.8) is 0 Å². The summed E-state index contributed by atoms with van der Waals surface area (Å²) in [5.74, 6) is 1.45. The van der Waals surface area contributed by atoms with Gasteiger partial charge in [0.15, 0.2) is 16.7 Å². The minimum absolute atomic E-state index is 0.0832. The molecule has 8 heteroatoms. The molecule has 0 spiro atoms. The quantitative estimate of drug-likeness (QED) is 0.218. The van der Waals surface area contributed by atoms with Crippen LogP contribution in [0.3, 0.4) is 0 Å². The predicted molar refractivity (Wildman–Crippen MR) is 136 cm³/mol.